The van der Waals surface area contributed by atoms with Crippen LogP contribution in [0.5, 0.6) is 0 Å². The number of thioether (sulfide) groups is 1. The van der Waals surface area contributed by atoms with Crippen LogP contribution in [0.1, 0.15) is 5.56 Å². The maximum absolute atomic E-state index is 12.6. The van der Waals surface area contributed by atoms with E-state index < -0.39 is 5.97 Å². The molecule has 2 aromatic carbocycles. The molecule has 0 aliphatic carbocycles. The average Bonchev–Trinajstić information content (AvgIpc) is 3.35. The molecule has 10 heteroatoms. The molecule has 0 radical (unpaired) electrons. The van der Waals surface area contributed by atoms with Gasteiger partial charge in [-0.25, -0.2) is 0 Å². The van der Waals surface area contributed by atoms with Crippen LogP contribution in [0.25, 0.3) is 10.2 Å². The first-order valence-corrected chi connectivity index (χ1v) is 12.2. The fourth-order valence-electron chi connectivity index (χ4n) is 3.52. The zero-order valence-corrected chi connectivity index (χ0v) is 19.6. The average molecular weight is 490 g/mol. The highest BCUT2D eigenvalue weighted by molar-refractivity contribution is 8.00. The summed E-state index contributed by atoms with van der Waals surface area (Å²) in [5, 5.41) is 0.555. The van der Waals surface area contributed by atoms with E-state index in [1.165, 1.54) is 30.2 Å². The number of esters is 1. The Hall–Kier alpha value is -2.62. The molecule has 166 valence electrons. The Balaban J connectivity index is 1.45. The Bertz CT molecular complexity index is 1270. The van der Waals surface area contributed by atoms with Gasteiger partial charge >= 0.3 is 5.97 Å². The van der Waals surface area contributed by atoms with Crippen molar-refractivity contribution in [1.82, 2.24) is 4.57 Å². The fraction of sp³-hybridized carbons (Fsp3) is 0.273. The number of amides is 2. The molecule has 3 aromatic rings. The fourth-order valence-corrected chi connectivity index (χ4v) is 5.51. The predicted molar refractivity (Wildman–Crippen MR) is 127 cm³/mol. The molecule has 0 N–H and O–H groups in total. The molecular formula is C22H20ClN3O4S2. The van der Waals surface area contributed by atoms with E-state index in [-0.39, 0.29) is 29.9 Å². The number of halogens is 1. The van der Waals surface area contributed by atoms with Crippen LogP contribution in [0.2, 0.25) is 5.02 Å². The quantitative estimate of drug-likeness (QED) is 0.496. The third kappa shape index (κ3) is 4.90. The van der Waals surface area contributed by atoms with Crippen LogP contribution in [0.3, 0.4) is 0 Å². The summed E-state index contributed by atoms with van der Waals surface area (Å²) in [6.45, 7) is 0.596. The first-order chi connectivity index (χ1) is 15.5. The molecule has 1 aliphatic heterocycles. The van der Waals surface area contributed by atoms with Gasteiger partial charge < -0.3 is 14.2 Å². The van der Waals surface area contributed by atoms with Gasteiger partial charge in [-0.3, -0.25) is 14.4 Å². The lowest BCUT2D eigenvalue weighted by Crippen LogP contribution is -2.30. The van der Waals surface area contributed by atoms with Crippen molar-refractivity contribution in [2.75, 3.05) is 30.1 Å². The van der Waals surface area contributed by atoms with Crippen molar-refractivity contribution in [3.63, 3.8) is 0 Å². The second kappa shape index (κ2) is 9.89. The topological polar surface area (TPSA) is 81.0 Å². The maximum Gasteiger partial charge on any atom is 0.325 e. The van der Waals surface area contributed by atoms with E-state index in [2.05, 4.69) is 4.99 Å². The zero-order chi connectivity index (χ0) is 22.7. The normalized spacial score (nSPS) is 13.4. The Kier molecular flexibility index (Phi) is 6.98. The SMILES string of the molecule is COC(=O)Cn1c(=NC(=O)CSCC(=O)N2CCc3ccccc32)sc2cc(Cl)ccc21. The summed E-state index contributed by atoms with van der Waals surface area (Å²) < 4.78 is 7.21. The molecule has 4 rings (SSSR count). The number of anilines is 1. The second-order valence-corrected chi connectivity index (χ2v) is 9.51. The van der Waals surface area contributed by atoms with Crippen molar-refractivity contribution >= 4 is 68.4 Å². The number of aromatic nitrogens is 1. The third-order valence-corrected chi connectivity index (χ3v) is 7.20. The highest BCUT2D eigenvalue weighted by Crippen LogP contribution is 2.28. The standard InChI is InChI=1S/C22H20ClN3O4S2/c1-30-21(29)11-26-17-7-6-15(23)10-18(17)32-22(26)24-19(27)12-31-13-20(28)25-9-8-14-4-2-3-5-16(14)25/h2-7,10H,8-9,11-13H2,1H3. The number of benzene rings is 2. The number of carbonyl (C=O) groups is 3. The monoisotopic (exact) mass is 489 g/mol. The maximum atomic E-state index is 12.6. The summed E-state index contributed by atoms with van der Waals surface area (Å²) in [5.41, 5.74) is 2.85. The van der Waals surface area contributed by atoms with E-state index in [1.54, 1.807) is 27.7 Å². The van der Waals surface area contributed by atoms with Crippen LogP contribution < -0.4 is 9.70 Å². The smallest absolute Gasteiger partial charge is 0.325 e. The minimum atomic E-state index is -0.445. The van der Waals surface area contributed by atoms with Crippen LogP contribution in [0.15, 0.2) is 47.5 Å². The Morgan fingerprint density at radius 1 is 1.19 bits per heavy atom. The number of methoxy groups -OCH3 is 1. The lowest BCUT2D eigenvalue weighted by atomic mass is 10.2. The first kappa shape index (κ1) is 22.6. The first-order valence-electron chi connectivity index (χ1n) is 9.85. The number of para-hydroxylation sites is 1. The van der Waals surface area contributed by atoms with E-state index >= 15 is 0 Å². The van der Waals surface area contributed by atoms with Gasteiger partial charge in [0.2, 0.25) is 5.91 Å². The Labute approximate surface area is 197 Å². The Morgan fingerprint density at radius 2 is 2.00 bits per heavy atom. The summed E-state index contributed by atoms with van der Waals surface area (Å²) >= 11 is 8.57. The second-order valence-electron chi connectivity index (χ2n) is 7.08. The molecule has 1 aromatic heterocycles. The molecule has 7 nitrogen and oxygen atoms in total. The van der Waals surface area contributed by atoms with Crippen LogP contribution in [-0.4, -0.2) is 47.5 Å². The molecule has 0 atom stereocenters. The van der Waals surface area contributed by atoms with Crippen molar-refractivity contribution in [2.45, 2.75) is 13.0 Å². The summed E-state index contributed by atoms with van der Waals surface area (Å²) in [6.07, 6.45) is 0.844. The zero-order valence-electron chi connectivity index (χ0n) is 17.2. The molecule has 0 spiro atoms. The number of rotatable bonds is 6. The van der Waals surface area contributed by atoms with Gasteiger partial charge in [0, 0.05) is 17.3 Å². The Morgan fingerprint density at radius 3 is 2.81 bits per heavy atom. The van der Waals surface area contributed by atoms with Gasteiger partial charge in [0.25, 0.3) is 5.91 Å². The summed E-state index contributed by atoms with van der Waals surface area (Å²) in [4.78, 5) is 43.3. The van der Waals surface area contributed by atoms with Gasteiger partial charge in [-0.1, -0.05) is 41.1 Å². The number of carbonyl (C=O) groups excluding carboxylic acids is 3. The van der Waals surface area contributed by atoms with Gasteiger partial charge in [-0.05, 0) is 36.2 Å². The van der Waals surface area contributed by atoms with Crippen LogP contribution >= 0.6 is 34.7 Å². The van der Waals surface area contributed by atoms with Crippen molar-refractivity contribution in [1.29, 1.82) is 0 Å². The number of hydrogen-bond acceptors (Lipinski definition) is 6. The molecule has 0 fully saturated rings. The molecular weight excluding hydrogens is 470 g/mol. The number of nitrogens with zero attached hydrogens (tertiary/aromatic N) is 3. The van der Waals surface area contributed by atoms with E-state index in [0.717, 1.165) is 27.9 Å². The van der Waals surface area contributed by atoms with Gasteiger partial charge in [0.05, 0.1) is 28.8 Å². The minimum absolute atomic E-state index is 0.0231. The highest BCUT2D eigenvalue weighted by atomic mass is 35.5. The summed E-state index contributed by atoms with van der Waals surface area (Å²) in [5.74, 6) is -0.584. The summed E-state index contributed by atoms with van der Waals surface area (Å²) in [6, 6.07) is 13.1. The van der Waals surface area contributed by atoms with Gasteiger partial charge in [-0.15, -0.1) is 11.8 Å². The van der Waals surface area contributed by atoms with Crippen LogP contribution in [0.4, 0.5) is 5.69 Å². The third-order valence-electron chi connectivity index (χ3n) is 5.02. The van der Waals surface area contributed by atoms with Crippen molar-refractivity contribution < 1.29 is 19.1 Å². The van der Waals surface area contributed by atoms with E-state index in [9.17, 15) is 14.4 Å². The van der Waals surface area contributed by atoms with Crippen molar-refractivity contribution in [3.05, 3.63) is 57.9 Å². The molecule has 0 unspecified atom stereocenters. The van der Waals surface area contributed by atoms with E-state index in [4.69, 9.17) is 16.3 Å². The number of hydrogen-bond donors (Lipinski definition) is 0. The van der Waals surface area contributed by atoms with Crippen LogP contribution in [-0.2, 0) is 32.1 Å². The van der Waals surface area contributed by atoms with Gasteiger partial charge in [0.15, 0.2) is 4.80 Å². The number of thiazole rings is 1. The number of fused-ring (bicyclic) bond motifs is 2. The molecule has 32 heavy (non-hydrogen) atoms. The van der Waals surface area contributed by atoms with Crippen molar-refractivity contribution in [3.8, 4) is 0 Å². The highest BCUT2D eigenvalue weighted by Gasteiger charge is 2.24. The van der Waals surface area contributed by atoms with E-state index in [0.29, 0.717) is 16.4 Å². The van der Waals surface area contributed by atoms with E-state index in [1.807, 2.05) is 24.3 Å². The van der Waals surface area contributed by atoms with Crippen molar-refractivity contribution in [2.24, 2.45) is 4.99 Å². The lowest BCUT2D eigenvalue weighted by Gasteiger charge is -2.16. The van der Waals surface area contributed by atoms with Gasteiger partial charge in [-0.2, -0.15) is 4.99 Å². The predicted octanol–water partition coefficient (Wildman–Crippen LogP) is 3.28. The molecule has 0 saturated carbocycles. The molecule has 2 amide bonds. The molecule has 1 aliphatic rings. The van der Waals surface area contributed by atoms with Gasteiger partial charge in [0.1, 0.15) is 6.54 Å². The number of ether oxygens (including phenoxy) is 1. The largest absolute Gasteiger partial charge is 0.468 e. The summed E-state index contributed by atoms with van der Waals surface area (Å²) in [7, 11) is 1.31. The molecule has 0 saturated heterocycles. The van der Waals surface area contributed by atoms with Crippen LogP contribution in [0, 0.1) is 0 Å². The molecule has 2 heterocycles. The molecule has 0 bridgehead atoms. The lowest BCUT2D eigenvalue weighted by molar-refractivity contribution is -0.141. The minimum Gasteiger partial charge on any atom is -0.468 e.